The molecule has 0 radical (unpaired) electrons. The summed E-state index contributed by atoms with van der Waals surface area (Å²) in [6, 6.07) is 5.15. The fraction of sp³-hybridized carbons (Fsp3) is 0.500. The van der Waals surface area contributed by atoms with Crippen molar-refractivity contribution in [1.82, 2.24) is 10.2 Å². The minimum atomic E-state index is -0.119. The van der Waals surface area contributed by atoms with Crippen LogP contribution in [0.3, 0.4) is 0 Å². The van der Waals surface area contributed by atoms with Gasteiger partial charge >= 0.3 is 0 Å². The van der Waals surface area contributed by atoms with Crippen molar-refractivity contribution in [3.8, 4) is 0 Å². The zero-order valence-corrected chi connectivity index (χ0v) is 12.0. The zero-order chi connectivity index (χ0) is 11.4. The number of rotatable bonds is 2. The molecule has 0 atom stereocenters. The third-order valence-corrected chi connectivity index (χ3v) is 3.62. The molecule has 96 valence electrons. The van der Waals surface area contributed by atoms with E-state index in [0.29, 0.717) is 6.54 Å². The van der Waals surface area contributed by atoms with Gasteiger partial charge in [0.1, 0.15) is 5.82 Å². The fourth-order valence-electron chi connectivity index (χ4n) is 1.97. The minimum absolute atomic E-state index is 0. The van der Waals surface area contributed by atoms with Gasteiger partial charge in [0.15, 0.2) is 0 Å². The van der Waals surface area contributed by atoms with Gasteiger partial charge in [0, 0.05) is 29.7 Å². The lowest BCUT2D eigenvalue weighted by Crippen LogP contribution is -2.28. The molecule has 0 aromatic heterocycles. The summed E-state index contributed by atoms with van der Waals surface area (Å²) in [5.41, 5.74) is 0.768. The molecule has 5 heteroatoms. The van der Waals surface area contributed by atoms with Crippen molar-refractivity contribution in [2.45, 2.75) is 13.0 Å². The van der Waals surface area contributed by atoms with E-state index in [2.05, 4.69) is 26.1 Å². The Morgan fingerprint density at radius 2 is 2.12 bits per heavy atom. The van der Waals surface area contributed by atoms with Gasteiger partial charge in [-0.15, -0.1) is 12.4 Å². The van der Waals surface area contributed by atoms with Crippen molar-refractivity contribution in [2.75, 3.05) is 26.2 Å². The number of hydrogen-bond donors (Lipinski definition) is 1. The van der Waals surface area contributed by atoms with Crippen molar-refractivity contribution in [3.63, 3.8) is 0 Å². The Morgan fingerprint density at radius 1 is 1.29 bits per heavy atom. The normalized spacial score (nSPS) is 17.3. The molecule has 2 nitrogen and oxygen atoms in total. The molecule has 17 heavy (non-hydrogen) atoms. The molecule has 2 rings (SSSR count). The van der Waals surface area contributed by atoms with E-state index >= 15 is 0 Å². The predicted molar refractivity (Wildman–Crippen MR) is 74.1 cm³/mol. The first-order valence-electron chi connectivity index (χ1n) is 5.63. The summed E-state index contributed by atoms with van der Waals surface area (Å²) < 4.78 is 14.5. The van der Waals surface area contributed by atoms with Gasteiger partial charge in [-0.05, 0) is 31.6 Å². The van der Waals surface area contributed by atoms with Crippen LogP contribution in [0.5, 0.6) is 0 Å². The number of halogens is 3. The van der Waals surface area contributed by atoms with E-state index < -0.39 is 0 Å². The fourth-order valence-corrected chi connectivity index (χ4v) is 2.43. The molecule has 0 amide bonds. The summed E-state index contributed by atoms with van der Waals surface area (Å²) in [5.74, 6) is -0.119. The molecule has 1 aromatic rings. The molecule has 1 fully saturated rings. The Bertz CT molecular complexity index is 334. The van der Waals surface area contributed by atoms with Crippen molar-refractivity contribution in [1.29, 1.82) is 0 Å². The van der Waals surface area contributed by atoms with Crippen LogP contribution in [0.2, 0.25) is 0 Å². The Balaban J connectivity index is 0.00000144. The van der Waals surface area contributed by atoms with Crippen LogP contribution >= 0.6 is 28.3 Å². The molecule has 1 heterocycles. The molecule has 0 spiro atoms. The van der Waals surface area contributed by atoms with Gasteiger partial charge in [-0.2, -0.15) is 0 Å². The second-order valence-corrected chi connectivity index (χ2v) is 4.93. The third kappa shape index (κ3) is 4.21. The quantitative estimate of drug-likeness (QED) is 0.900. The standard InChI is InChI=1S/C12H16BrFN2.ClH/c13-11-3-1-4-12(14)10(11)9-16-7-2-5-15-6-8-16;/h1,3-4,15H,2,5-9H2;1H. The molecule has 1 saturated heterocycles. The molecule has 0 saturated carbocycles. The van der Waals surface area contributed by atoms with Gasteiger partial charge in [0.05, 0.1) is 0 Å². The van der Waals surface area contributed by atoms with E-state index in [9.17, 15) is 4.39 Å². The summed E-state index contributed by atoms with van der Waals surface area (Å²) in [5, 5.41) is 3.35. The summed E-state index contributed by atoms with van der Waals surface area (Å²) in [6.45, 7) is 4.77. The number of hydrogen-bond acceptors (Lipinski definition) is 2. The van der Waals surface area contributed by atoms with E-state index in [1.54, 1.807) is 6.07 Å². The van der Waals surface area contributed by atoms with Gasteiger partial charge in [0.25, 0.3) is 0 Å². The molecule has 0 unspecified atom stereocenters. The summed E-state index contributed by atoms with van der Waals surface area (Å²) in [7, 11) is 0. The topological polar surface area (TPSA) is 15.3 Å². The maximum Gasteiger partial charge on any atom is 0.128 e. The predicted octanol–water partition coefficient (Wildman–Crippen LogP) is 2.81. The average molecular weight is 324 g/mol. The Labute approximate surface area is 116 Å². The van der Waals surface area contributed by atoms with Crippen molar-refractivity contribution in [3.05, 3.63) is 34.1 Å². The summed E-state index contributed by atoms with van der Waals surface area (Å²) in [4.78, 5) is 2.29. The molecular formula is C12H17BrClFN2. The largest absolute Gasteiger partial charge is 0.315 e. The van der Waals surface area contributed by atoms with Crippen LogP contribution in [0.15, 0.2) is 22.7 Å². The highest BCUT2D eigenvalue weighted by molar-refractivity contribution is 9.10. The smallest absolute Gasteiger partial charge is 0.128 e. The zero-order valence-electron chi connectivity index (χ0n) is 9.59. The Morgan fingerprint density at radius 3 is 2.88 bits per heavy atom. The maximum atomic E-state index is 13.6. The third-order valence-electron chi connectivity index (χ3n) is 2.88. The highest BCUT2D eigenvalue weighted by Gasteiger charge is 2.13. The second kappa shape index (κ2) is 7.31. The van der Waals surface area contributed by atoms with Crippen LogP contribution in [0.1, 0.15) is 12.0 Å². The van der Waals surface area contributed by atoms with Gasteiger partial charge < -0.3 is 5.32 Å². The van der Waals surface area contributed by atoms with Gasteiger partial charge in [-0.3, -0.25) is 4.90 Å². The van der Waals surface area contributed by atoms with Crippen LogP contribution in [0.4, 0.5) is 4.39 Å². The first kappa shape index (κ1) is 14.9. The highest BCUT2D eigenvalue weighted by Crippen LogP contribution is 2.21. The first-order chi connectivity index (χ1) is 7.77. The van der Waals surface area contributed by atoms with Crippen LogP contribution < -0.4 is 5.32 Å². The van der Waals surface area contributed by atoms with E-state index in [0.717, 1.165) is 42.6 Å². The SMILES string of the molecule is Cl.Fc1cccc(Br)c1CN1CCCNCC1. The number of nitrogens with zero attached hydrogens (tertiary/aromatic N) is 1. The summed E-state index contributed by atoms with van der Waals surface area (Å²) >= 11 is 3.41. The minimum Gasteiger partial charge on any atom is -0.315 e. The molecule has 0 bridgehead atoms. The lowest BCUT2D eigenvalue weighted by molar-refractivity contribution is 0.279. The molecule has 1 aromatic carbocycles. The summed E-state index contributed by atoms with van der Waals surface area (Å²) in [6.07, 6.45) is 1.13. The molecule has 1 aliphatic rings. The van der Waals surface area contributed by atoms with Crippen molar-refractivity contribution < 1.29 is 4.39 Å². The second-order valence-electron chi connectivity index (χ2n) is 4.08. The van der Waals surface area contributed by atoms with Crippen LogP contribution in [0, 0.1) is 5.82 Å². The Hall–Kier alpha value is -0.160. The highest BCUT2D eigenvalue weighted by atomic mass is 79.9. The van der Waals surface area contributed by atoms with E-state index in [-0.39, 0.29) is 18.2 Å². The van der Waals surface area contributed by atoms with Crippen molar-refractivity contribution >= 4 is 28.3 Å². The lowest BCUT2D eigenvalue weighted by Gasteiger charge is -2.20. The molecule has 1 N–H and O–H groups in total. The van der Waals surface area contributed by atoms with Crippen LogP contribution in [-0.4, -0.2) is 31.1 Å². The molecule has 1 aliphatic heterocycles. The first-order valence-corrected chi connectivity index (χ1v) is 6.42. The van der Waals surface area contributed by atoms with Crippen LogP contribution in [0.25, 0.3) is 0 Å². The molecule has 0 aliphatic carbocycles. The van der Waals surface area contributed by atoms with Gasteiger partial charge in [0.2, 0.25) is 0 Å². The lowest BCUT2D eigenvalue weighted by atomic mass is 10.2. The number of benzene rings is 1. The van der Waals surface area contributed by atoms with E-state index in [1.807, 2.05) is 6.07 Å². The van der Waals surface area contributed by atoms with Crippen molar-refractivity contribution in [2.24, 2.45) is 0 Å². The van der Waals surface area contributed by atoms with Gasteiger partial charge in [-0.1, -0.05) is 22.0 Å². The van der Waals surface area contributed by atoms with Gasteiger partial charge in [-0.25, -0.2) is 4.39 Å². The molecular weight excluding hydrogens is 307 g/mol. The average Bonchev–Trinajstić information content (AvgIpc) is 2.52. The number of nitrogens with one attached hydrogen (secondary N) is 1. The maximum absolute atomic E-state index is 13.6. The van der Waals surface area contributed by atoms with E-state index in [4.69, 9.17) is 0 Å². The van der Waals surface area contributed by atoms with E-state index in [1.165, 1.54) is 6.07 Å². The van der Waals surface area contributed by atoms with Crippen LogP contribution in [-0.2, 0) is 6.54 Å². The monoisotopic (exact) mass is 322 g/mol. The Kier molecular flexibility index (Phi) is 6.41.